The van der Waals surface area contributed by atoms with Gasteiger partial charge in [0.05, 0.1) is 34.1 Å². The van der Waals surface area contributed by atoms with Gasteiger partial charge in [-0.1, -0.05) is 71.2 Å². The van der Waals surface area contributed by atoms with Crippen molar-refractivity contribution in [3.05, 3.63) is 86.3 Å². The summed E-state index contributed by atoms with van der Waals surface area (Å²) >= 11 is 21.8. The van der Waals surface area contributed by atoms with Crippen molar-refractivity contribution in [2.24, 2.45) is 0 Å². The van der Waals surface area contributed by atoms with Crippen LogP contribution in [0.15, 0.2) is 60.7 Å². The number of nitrogens with one attached hydrogen (secondary N) is 3. The second kappa shape index (κ2) is 15.1. The molecule has 1 fully saturated rings. The van der Waals surface area contributed by atoms with E-state index in [9.17, 15) is 9.59 Å². The molecule has 248 valence electrons. The van der Waals surface area contributed by atoms with Crippen molar-refractivity contribution in [1.82, 2.24) is 25.9 Å². The fourth-order valence-corrected chi connectivity index (χ4v) is 7.30. The normalized spacial score (nSPS) is 14.3. The Bertz CT molecular complexity index is 2010. The summed E-state index contributed by atoms with van der Waals surface area (Å²) in [4.78, 5) is 31.8. The Balaban J connectivity index is 1.24. The van der Waals surface area contributed by atoms with Crippen molar-refractivity contribution in [2.75, 3.05) is 20.2 Å². The summed E-state index contributed by atoms with van der Waals surface area (Å²) in [7, 11) is 1.58. The van der Waals surface area contributed by atoms with Crippen LogP contribution < -0.4 is 25.4 Å². The summed E-state index contributed by atoms with van der Waals surface area (Å²) in [5.74, 6) is 0.403. The number of methoxy groups -OCH3 is 1. The van der Waals surface area contributed by atoms with E-state index in [4.69, 9.17) is 54.4 Å². The van der Waals surface area contributed by atoms with Gasteiger partial charge in [-0.05, 0) is 24.6 Å². The van der Waals surface area contributed by atoms with Gasteiger partial charge in [0.1, 0.15) is 16.3 Å². The van der Waals surface area contributed by atoms with Crippen LogP contribution in [0.4, 0.5) is 0 Å². The van der Waals surface area contributed by atoms with E-state index in [1.807, 2.05) is 42.5 Å². The number of halogens is 3. The Kier molecular flexibility index (Phi) is 10.6. The predicted molar refractivity (Wildman–Crippen MR) is 189 cm³/mol. The molecule has 14 heteroatoms. The summed E-state index contributed by atoms with van der Waals surface area (Å²) < 4.78 is 12.7. The Morgan fingerprint density at radius 1 is 0.979 bits per heavy atom. The van der Waals surface area contributed by atoms with Crippen LogP contribution in [0.1, 0.15) is 23.4 Å². The molecule has 4 N–H and O–H groups in total. The van der Waals surface area contributed by atoms with Crippen LogP contribution in [0.3, 0.4) is 0 Å². The molecule has 1 saturated heterocycles. The quantitative estimate of drug-likeness (QED) is 0.0984. The maximum Gasteiger partial charge on any atom is 0.317 e. The Morgan fingerprint density at radius 3 is 2.50 bits per heavy atom. The smallest absolute Gasteiger partial charge is 0.317 e. The lowest BCUT2D eigenvalue weighted by atomic mass is 10.0. The molecule has 6 rings (SSSR count). The first-order valence-electron chi connectivity index (χ1n) is 15.0. The van der Waals surface area contributed by atoms with Gasteiger partial charge >= 0.3 is 5.97 Å². The third kappa shape index (κ3) is 7.67. The molecule has 3 aromatic carbocycles. The molecule has 0 radical (unpaired) electrons. The van der Waals surface area contributed by atoms with Gasteiger partial charge in [0.25, 0.3) is 0 Å². The summed E-state index contributed by atoms with van der Waals surface area (Å²) in [6.45, 7) is 1.30. The molecule has 10 nitrogen and oxygen atoms in total. The first kappa shape index (κ1) is 33.9. The molecule has 1 aliphatic rings. The van der Waals surface area contributed by atoms with Gasteiger partial charge in [0.2, 0.25) is 11.8 Å². The zero-order valence-corrected chi connectivity index (χ0v) is 28.7. The molecule has 1 atom stereocenters. The molecule has 0 bridgehead atoms. The number of ether oxygens (including phenoxy) is 2. The predicted octanol–water partition coefficient (Wildman–Crippen LogP) is 7.33. The number of carboxylic acids is 1. The number of hydrogen-bond acceptors (Lipinski definition) is 9. The van der Waals surface area contributed by atoms with Crippen LogP contribution in [0.25, 0.3) is 32.6 Å². The number of benzene rings is 3. The van der Waals surface area contributed by atoms with E-state index in [0.29, 0.717) is 84.9 Å². The van der Waals surface area contributed by atoms with Gasteiger partial charge in [-0.25, -0.2) is 9.97 Å². The number of carbonyl (C=O) groups is 2. The highest BCUT2D eigenvalue weighted by Gasteiger charge is 2.21. The maximum absolute atomic E-state index is 11.5. The van der Waals surface area contributed by atoms with E-state index < -0.39 is 5.97 Å². The highest BCUT2D eigenvalue weighted by atomic mass is 35.5. The van der Waals surface area contributed by atoms with Gasteiger partial charge in [-0.3, -0.25) is 9.59 Å². The number of hydrogen-bond donors (Lipinski definition) is 4. The van der Waals surface area contributed by atoms with Crippen molar-refractivity contribution in [1.29, 1.82) is 0 Å². The van der Waals surface area contributed by atoms with Gasteiger partial charge in [-0.2, -0.15) is 0 Å². The lowest BCUT2D eigenvalue weighted by molar-refractivity contribution is -0.136. The molecule has 0 saturated carbocycles. The van der Waals surface area contributed by atoms with Crippen molar-refractivity contribution in [3.8, 4) is 39.8 Å². The lowest BCUT2D eigenvalue weighted by Gasteiger charge is -2.16. The monoisotopic (exact) mass is 725 g/mol. The number of carboxylic acid groups (broad SMARTS) is 1. The summed E-state index contributed by atoms with van der Waals surface area (Å²) in [6, 6.07) is 18.5. The van der Waals surface area contributed by atoms with E-state index in [1.54, 1.807) is 25.3 Å². The third-order valence-electron chi connectivity index (χ3n) is 7.69. The molecule has 0 aliphatic carbocycles. The third-order valence-corrected chi connectivity index (χ3v) is 9.71. The summed E-state index contributed by atoms with van der Waals surface area (Å²) in [5, 5.41) is 20.1. The first-order valence-corrected chi connectivity index (χ1v) is 17.0. The van der Waals surface area contributed by atoms with Gasteiger partial charge in [-0.15, -0.1) is 11.3 Å². The molecule has 2 aromatic heterocycles. The number of thiazole rings is 1. The van der Waals surface area contributed by atoms with Crippen LogP contribution in [0, 0.1) is 0 Å². The molecule has 1 aliphatic heterocycles. The van der Waals surface area contributed by atoms with E-state index in [-0.39, 0.29) is 25.0 Å². The second-order valence-electron chi connectivity index (χ2n) is 11.0. The molecular formula is C34H30Cl3N5O5S. The highest BCUT2D eigenvalue weighted by Crippen LogP contribution is 2.44. The highest BCUT2D eigenvalue weighted by molar-refractivity contribution is 7.18. The Labute approximate surface area is 295 Å². The topological polar surface area (TPSA) is 135 Å². The number of aliphatic carboxylic acids is 1. The minimum atomic E-state index is -0.950. The number of amides is 1. The van der Waals surface area contributed by atoms with Crippen LogP contribution in [-0.2, 0) is 22.7 Å². The average Bonchev–Trinajstić information content (AvgIpc) is 3.67. The molecule has 1 amide bonds. The van der Waals surface area contributed by atoms with Crippen LogP contribution in [-0.4, -0.2) is 53.2 Å². The van der Waals surface area contributed by atoms with Gasteiger partial charge in [0, 0.05) is 65.4 Å². The zero-order valence-electron chi connectivity index (χ0n) is 25.6. The van der Waals surface area contributed by atoms with E-state index in [2.05, 4.69) is 20.9 Å². The summed E-state index contributed by atoms with van der Waals surface area (Å²) in [5.41, 5.74) is 4.14. The minimum absolute atomic E-state index is 0.0857. The van der Waals surface area contributed by atoms with E-state index in [1.165, 1.54) is 11.3 Å². The number of carbonyl (C=O) groups excluding carboxylic acids is 1. The minimum Gasteiger partial charge on any atom is -0.481 e. The van der Waals surface area contributed by atoms with E-state index >= 15 is 0 Å². The van der Waals surface area contributed by atoms with Crippen molar-refractivity contribution < 1.29 is 24.2 Å². The Morgan fingerprint density at radius 2 is 1.75 bits per heavy atom. The van der Waals surface area contributed by atoms with E-state index in [0.717, 1.165) is 16.7 Å². The van der Waals surface area contributed by atoms with Crippen LogP contribution >= 0.6 is 46.1 Å². The molecule has 0 unspecified atom stereocenters. The fraction of sp³-hybridized carbons (Fsp3) is 0.235. The number of fused-ring (bicyclic) bond motifs is 1. The van der Waals surface area contributed by atoms with Crippen molar-refractivity contribution in [2.45, 2.75) is 32.0 Å². The SMILES string of the molecule is COc1nc(-c2cccc(-c3cccc(Oc4cc(Cl)cc5sc(CNCC(=O)O)nc45)c3Cl)c2Cl)ccc1CNC[C@@H]1CCC(=O)N1. The standard InChI is InChI=1S/C34H30Cl3N5O5S/c1-46-34-18(14-38-15-20-9-11-28(43)40-20)8-10-24(41-34)23-6-2-4-21(31(23)36)22-5-3-7-25(32(22)37)47-26-12-19(35)13-27-33(26)42-29(48-27)16-39-17-30(44)45/h2-8,10,12-13,20,38-39H,9,11,14-17H2,1H3,(H,40,43)(H,44,45)/t20-/m0/s1. The maximum atomic E-state index is 11.5. The van der Waals surface area contributed by atoms with Crippen molar-refractivity contribution in [3.63, 3.8) is 0 Å². The molecule has 48 heavy (non-hydrogen) atoms. The molecular weight excluding hydrogens is 697 g/mol. The van der Waals surface area contributed by atoms with Crippen molar-refractivity contribution >= 4 is 68.2 Å². The number of nitrogens with zero attached hydrogens (tertiary/aromatic N) is 2. The molecule has 5 aromatic rings. The van der Waals surface area contributed by atoms with Crippen LogP contribution in [0.5, 0.6) is 17.4 Å². The number of pyridine rings is 1. The zero-order chi connectivity index (χ0) is 33.8. The Hall–Kier alpha value is -3.97. The molecule has 3 heterocycles. The number of aromatic nitrogens is 2. The average molecular weight is 727 g/mol. The second-order valence-corrected chi connectivity index (χ2v) is 13.3. The lowest BCUT2D eigenvalue weighted by Crippen LogP contribution is -2.35. The first-order chi connectivity index (χ1) is 23.2. The fourth-order valence-electron chi connectivity index (χ4n) is 5.44. The largest absolute Gasteiger partial charge is 0.481 e. The summed E-state index contributed by atoms with van der Waals surface area (Å²) in [6.07, 6.45) is 1.38. The number of rotatable bonds is 13. The van der Waals surface area contributed by atoms with Gasteiger partial charge < -0.3 is 30.5 Å². The van der Waals surface area contributed by atoms with Crippen LogP contribution in [0.2, 0.25) is 15.1 Å². The van der Waals surface area contributed by atoms with Gasteiger partial charge in [0.15, 0.2) is 5.75 Å². The molecule has 0 spiro atoms.